The summed E-state index contributed by atoms with van der Waals surface area (Å²) in [6.45, 7) is 0.350. The van der Waals surface area contributed by atoms with Crippen LogP contribution in [0.5, 0.6) is 0 Å². The molecule has 8 heteroatoms. The van der Waals surface area contributed by atoms with Gasteiger partial charge in [-0.1, -0.05) is 35.5 Å². The monoisotopic (exact) mass is 308 g/mol. The van der Waals surface area contributed by atoms with Crippen molar-refractivity contribution in [2.75, 3.05) is 18.3 Å². The minimum absolute atomic E-state index is 0.0631. The number of methoxy groups -OCH3 is 1. The number of hydrogen-bond donors (Lipinski definition) is 1. The highest BCUT2D eigenvalue weighted by Crippen LogP contribution is 2.15. The Kier molecular flexibility index (Phi) is 4.89. The van der Waals surface area contributed by atoms with Gasteiger partial charge in [-0.25, -0.2) is 9.48 Å². The second kappa shape index (κ2) is 6.85. The number of alkyl halides is 1. The van der Waals surface area contributed by atoms with Crippen LogP contribution in [0.1, 0.15) is 16.1 Å². The molecule has 0 aliphatic carbocycles. The highest BCUT2D eigenvalue weighted by atomic mass is 35.5. The number of hydrogen-bond acceptors (Lipinski definition) is 5. The van der Waals surface area contributed by atoms with Crippen molar-refractivity contribution in [3.05, 3.63) is 41.6 Å². The SMILES string of the molecule is COC(=O)c1nnn(Cc2ccccc2)c1NC(=O)CCl. The average molecular weight is 309 g/mol. The van der Waals surface area contributed by atoms with Gasteiger partial charge >= 0.3 is 5.97 Å². The summed E-state index contributed by atoms with van der Waals surface area (Å²) in [5.74, 6) is -1.22. The zero-order valence-electron chi connectivity index (χ0n) is 11.2. The fourth-order valence-corrected chi connectivity index (χ4v) is 1.77. The third kappa shape index (κ3) is 3.57. The predicted octanol–water partition coefficient (Wildman–Crippen LogP) is 1.29. The number of ether oxygens (including phenoxy) is 1. The molecular weight excluding hydrogens is 296 g/mol. The largest absolute Gasteiger partial charge is 0.464 e. The van der Waals surface area contributed by atoms with E-state index in [0.29, 0.717) is 6.54 Å². The maximum Gasteiger partial charge on any atom is 0.362 e. The summed E-state index contributed by atoms with van der Waals surface area (Å²) in [6.07, 6.45) is 0. The number of halogens is 1. The molecule has 21 heavy (non-hydrogen) atoms. The smallest absolute Gasteiger partial charge is 0.362 e. The van der Waals surface area contributed by atoms with Gasteiger partial charge in [-0.05, 0) is 5.56 Å². The van der Waals surface area contributed by atoms with Crippen LogP contribution in [-0.4, -0.2) is 39.9 Å². The fraction of sp³-hybridized carbons (Fsp3) is 0.231. The van der Waals surface area contributed by atoms with Crippen LogP contribution in [0, 0.1) is 0 Å². The van der Waals surface area contributed by atoms with Crippen LogP contribution < -0.4 is 5.32 Å². The predicted molar refractivity (Wildman–Crippen MR) is 76.3 cm³/mol. The van der Waals surface area contributed by atoms with Gasteiger partial charge in [0, 0.05) is 0 Å². The van der Waals surface area contributed by atoms with Crippen LogP contribution in [0.3, 0.4) is 0 Å². The van der Waals surface area contributed by atoms with E-state index in [9.17, 15) is 9.59 Å². The highest BCUT2D eigenvalue weighted by Gasteiger charge is 2.22. The molecule has 0 radical (unpaired) electrons. The Balaban J connectivity index is 2.34. The molecule has 0 saturated carbocycles. The van der Waals surface area contributed by atoms with Gasteiger partial charge < -0.3 is 10.1 Å². The van der Waals surface area contributed by atoms with Gasteiger partial charge in [0.2, 0.25) is 11.6 Å². The topological polar surface area (TPSA) is 86.1 Å². The van der Waals surface area contributed by atoms with Crippen LogP contribution in [0.4, 0.5) is 5.82 Å². The molecule has 0 unspecified atom stereocenters. The van der Waals surface area contributed by atoms with Crippen molar-refractivity contribution in [2.45, 2.75) is 6.54 Å². The number of rotatable bonds is 5. The van der Waals surface area contributed by atoms with Gasteiger partial charge in [-0.15, -0.1) is 16.7 Å². The zero-order chi connectivity index (χ0) is 15.2. The molecule has 0 atom stereocenters. The molecule has 0 aliphatic rings. The Bertz CT molecular complexity index is 642. The summed E-state index contributed by atoms with van der Waals surface area (Å²) in [4.78, 5) is 23.1. The van der Waals surface area contributed by atoms with E-state index in [1.165, 1.54) is 11.8 Å². The minimum atomic E-state index is -0.681. The molecular formula is C13H13ClN4O3. The van der Waals surface area contributed by atoms with E-state index < -0.39 is 11.9 Å². The van der Waals surface area contributed by atoms with Crippen molar-refractivity contribution in [1.29, 1.82) is 0 Å². The van der Waals surface area contributed by atoms with Crippen molar-refractivity contribution in [3.8, 4) is 0 Å². The summed E-state index contributed by atoms with van der Waals surface area (Å²) in [5.41, 5.74) is 0.882. The summed E-state index contributed by atoms with van der Waals surface area (Å²) in [6, 6.07) is 9.44. The number of aromatic nitrogens is 3. The van der Waals surface area contributed by atoms with Gasteiger partial charge in [0.1, 0.15) is 5.88 Å². The highest BCUT2D eigenvalue weighted by molar-refractivity contribution is 6.29. The number of nitrogens with zero attached hydrogens (tertiary/aromatic N) is 3. The Hall–Kier alpha value is -2.41. The molecule has 0 saturated heterocycles. The molecule has 0 fully saturated rings. The van der Waals surface area contributed by atoms with E-state index in [0.717, 1.165) is 5.56 Å². The molecule has 1 heterocycles. The lowest BCUT2D eigenvalue weighted by atomic mass is 10.2. The molecule has 0 spiro atoms. The summed E-state index contributed by atoms with van der Waals surface area (Å²) in [7, 11) is 1.23. The lowest BCUT2D eigenvalue weighted by Gasteiger charge is -2.08. The van der Waals surface area contributed by atoms with Crippen molar-refractivity contribution in [1.82, 2.24) is 15.0 Å². The number of carbonyl (C=O) groups excluding carboxylic acids is 2. The van der Waals surface area contributed by atoms with Crippen molar-refractivity contribution in [3.63, 3.8) is 0 Å². The van der Waals surface area contributed by atoms with E-state index in [2.05, 4.69) is 20.4 Å². The van der Waals surface area contributed by atoms with Gasteiger partial charge in [0.15, 0.2) is 5.82 Å². The minimum Gasteiger partial charge on any atom is -0.464 e. The number of benzene rings is 1. The second-order valence-corrected chi connectivity index (χ2v) is 4.37. The molecule has 2 rings (SSSR count). The van der Waals surface area contributed by atoms with Crippen molar-refractivity contribution >= 4 is 29.3 Å². The van der Waals surface area contributed by atoms with Crippen LogP contribution in [0.25, 0.3) is 0 Å². The van der Waals surface area contributed by atoms with Gasteiger partial charge in [0.25, 0.3) is 0 Å². The van der Waals surface area contributed by atoms with Gasteiger partial charge in [0.05, 0.1) is 13.7 Å². The molecule has 110 valence electrons. The molecule has 7 nitrogen and oxygen atoms in total. The molecule has 1 aromatic heterocycles. The second-order valence-electron chi connectivity index (χ2n) is 4.10. The Morgan fingerprint density at radius 3 is 2.67 bits per heavy atom. The lowest BCUT2D eigenvalue weighted by molar-refractivity contribution is -0.114. The number of nitrogens with one attached hydrogen (secondary N) is 1. The van der Waals surface area contributed by atoms with Crippen LogP contribution >= 0.6 is 11.6 Å². The van der Waals surface area contributed by atoms with Gasteiger partial charge in [-0.2, -0.15) is 0 Å². The first kappa shape index (κ1) is 15.0. The van der Waals surface area contributed by atoms with Crippen LogP contribution in [0.2, 0.25) is 0 Å². The van der Waals surface area contributed by atoms with E-state index in [4.69, 9.17) is 11.6 Å². The van der Waals surface area contributed by atoms with E-state index in [1.807, 2.05) is 30.3 Å². The first-order valence-corrected chi connectivity index (χ1v) is 6.60. The maximum absolute atomic E-state index is 11.6. The maximum atomic E-state index is 11.6. The van der Waals surface area contributed by atoms with Crippen molar-refractivity contribution < 1.29 is 14.3 Å². The average Bonchev–Trinajstić information content (AvgIpc) is 2.90. The van der Waals surface area contributed by atoms with E-state index in [-0.39, 0.29) is 17.4 Å². The molecule has 0 aliphatic heterocycles. The summed E-state index contributed by atoms with van der Waals surface area (Å²) >= 11 is 5.47. The summed E-state index contributed by atoms with van der Waals surface area (Å²) < 4.78 is 6.03. The Labute approximate surface area is 125 Å². The first-order chi connectivity index (χ1) is 10.2. The Morgan fingerprint density at radius 1 is 1.33 bits per heavy atom. The van der Waals surface area contributed by atoms with Crippen LogP contribution in [0.15, 0.2) is 30.3 Å². The number of anilines is 1. The number of carbonyl (C=O) groups is 2. The normalized spacial score (nSPS) is 10.2. The molecule has 1 amide bonds. The molecule has 0 bridgehead atoms. The van der Waals surface area contributed by atoms with Crippen molar-refractivity contribution in [2.24, 2.45) is 0 Å². The van der Waals surface area contributed by atoms with E-state index in [1.54, 1.807) is 0 Å². The zero-order valence-corrected chi connectivity index (χ0v) is 12.0. The molecule has 1 aromatic carbocycles. The lowest BCUT2D eigenvalue weighted by Crippen LogP contribution is -2.19. The summed E-state index contributed by atoms with van der Waals surface area (Å²) in [5, 5.41) is 10.1. The van der Waals surface area contributed by atoms with Crippen LogP contribution in [-0.2, 0) is 16.1 Å². The first-order valence-electron chi connectivity index (χ1n) is 6.07. The third-order valence-corrected chi connectivity index (χ3v) is 2.91. The number of esters is 1. The Morgan fingerprint density at radius 2 is 2.05 bits per heavy atom. The number of amides is 1. The molecule has 1 N–H and O–H groups in total. The van der Waals surface area contributed by atoms with E-state index >= 15 is 0 Å². The standard InChI is InChI=1S/C13H13ClN4O3/c1-21-13(20)11-12(15-10(19)7-14)18(17-16-11)8-9-5-3-2-4-6-9/h2-6H,7-8H2,1H3,(H,15,19). The quantitative estimate of drug-likeness (QED) is 0.664. The molecule has 2 aromatic rings. The third-order valence-electron chi connectivity index (χ3n) is 2.67. The van der Waals surface area contributed by atoms with Gasteiger partial charge in [-0.3, -0.25) is 4.79 Å². The fourth-order valence-electron chi connectivity index (χ4n) is 1.70.